The first kappa shape index (κ1) is 17.0. The van der Waals surface area contributed by atoms with Crippen LogP contribution < -0.4 is 10.1 Å². The van der Waals surface area contributed by atoms with Gasteiger partial charge >= 0.3 is 0 Å². The summed E-state index contributed by atoms with van der Waals surface area (Å²) >= 11 is 0. The molecule has 2 aliphatic rings. The maximum atomic E-state index is 12.6. The van der Waals surface area contributed by atoms with Gasteiger partial charge in [-0.1, -0.05) is 12.7 Å². The average Bonchev–Trinajstić information content (AvgIpc) is 3.06. The molecule has 1 saturated carbocycles. The second-order valence-electron chi connectivity index (χ2n) is 6.83. The van der Waals surface area contributed by atoms with Crippen molar-refractivity contribution in [1.29, 1.82) is 0 Å². The Morgan fingerprint density at radius 1 is 1.25 bits per heavy atom. The lowest BCUT2D eigenvalue weighted by atomic mass is 9.90. The summed E-state index contributed by atoms with van der Waals surface area (Å²) in [7, 11) is 0. The molecule has 24 heavy (non-hydrogen) atoms. The van der Waals surface area contributed by atoms with Crippen LogP contribution in [0.25, 0.3) is 0 Å². The van der Waals surface area contributed by atoms with E-state index >= 15 is 0 Å². The Hall–Kier alpha value is -1.85. The number of nitrogens with one attached hydrogen (secondary N) is 1. The van der Waals surface area contributed by atoms with Gasteiger partial charge in [-0.05, 0) is 44.0 Å². The Morgan fingerprint density at radius 3 is 2.46 bits per heavy atom. The number of benzene rings is 1. The molecule has 5 heteroatoms. The fraction of sp³-hybridized carbons (Fsp3) is 0.526. The molecule has 3 rings (SSSR count). The van der Waals surface area contributed by atoms with Crippen molar-refractivity contribution < 1.29 is 19.0 Å². The molecule has 1 aromatic carbocycles. The summed E-state index contributed by atoms with van der Waals surface area (Å²) < 4.78 is 17.3. The van der Waals surface area contributed by atoms with Gasteiger partial charge in [-0.3, -0.25) is 4.79 Å². The van der Waals surface area contributed by atoms with Crippen molar-refractivity contribution in [2.24, 2.45) is 5.41 Å². The normalized spacial score (nSPS) is 21.4. The van der Waals surface area contributed by atoms with Gasteiger partial charge in [0.15, 0.2) is 5.79 Å². The van der Waals surface area contributed by atoms with E-state index in [1.807, 2.05) is 31.2 Å². The van der Waals surface area contributed by atoms with E-state index in [1.54, 1.807) is 6.08 Å². The number of ether oxygens (including phenoxy) is 3. The zero-order valence-corrected chi connectivity index (χ0v) is 14.2. The molecule has 130 valence electrons. The predicted molar refractivity (Wildman–Crippen MR) is 92.0 cm³/mol. The summed E-state index contributed by atoms with van der Waals surface area (Å²) in [6.07, 6.45) is 5.80. The molecule has 0 radical (unpaired) electrons. The molecule has 1 heterocycles. The molecule has 1 amide bonds. The summed E-state index contributed by atoms with van der Waals surface area (Å²) in [4.78, 5) is 12.6. The van der Waals surface area contributed by atoms with Crippen LogP contribution in [0, 0.1) is 5.41 Å². The summed E-state index contributed by atoms with van der Waals surface area (Å²) in [5.41, 5.74) is 0.0552. The van der Waals surface area contributed by atoms with Gasteiger partial charge in [0.1, 0.15) is 12.4 Å². The maximum Gasteiger partial charge on any atom is 0.234 e. The first-order chi connectivity index (χ1) is 11.6. The zero-order chi connectivity index (χ0) is 17.0. The van der Waals surface area contributed by atoms with Gasteiger partial charge < -0.3 is 19.5 Å². The monoisotopic (exact) mass is 331 g/mol. The van der Waals surface area contributed by atoms with E-state index in [2.05, 4.69) is 11.9 Å². The topological polar surface area (TPSA) is 56.8 Å². The Balaban J connectivity index is 1.57. The minimum atomic E-state index is -0.675. The molecule has 1 N–H and O–H groups in total. The third-order valence-corrected chi connectivity index (χ3v) is 4.70. The number of hydrogen-bond donors (Lipinski definition) is 1. The summed E-state index contributed by atoms with van der Waals surface area (Å²) in [6, 6.07) is 7.29. The lowest BCUT2D eigenvalue weighted by Gasteiger charge is -2.42. The van der Waals surface area contributed by atoms with Crippen LogP contribution in [0.5, 0.6) is 5.75 Å². The molecule has 0 unspecified atom stereocenters. The van der Waals surface area contributed by atoms with Crippen molar-refractivity contribution in [3.05, 3.63) is 36.9 Å². The van der Waals surface area contributed by atoms with Crippen molar-refractivity contribution in [2.75, 3.05) is 25.1 Å². The van der Waals surface area contributed by atoms with Crippen molar-refractivity contribution in [3.8, 4) is 5.75 Å². The molecule has 1 aliphatic heterocycles. The van der Waals surface area contributed by atoms with Crippen molar-refractivity contribution >= 4 is 11.6 Å². The molecule has 1 spiro atoms. The fourth-order valence-electron chi connectivity index (χ4n) is 3.07. The summed E-state index contributed by atoms with van der Waals surface area (Å²) in [5, 5.41) is 2.94. The Bertz CT molecular complexity index is 580. The van der Waals surface area contributed by atoms with Gasteiger partial charge in [0.25, 0.3) is 0 Å². The zero-order valence-electron chi connectivity index (χ0n) is 14.2. The average molecular weight is 331 g/mol. The molecular weight excluding hydrogens is 306 g/mol. The Morgan fingerprint density at radius 2 is 1.88 bits per heavy atom. The highest BCUT2D eigenvalue weighted by Crippen LogP contribution is 2.40. The molecule has 1 aliphatic carbocycles. The van der Waals surface area contributed by atoms with Crippen LogP contribution in [-0.2, 0) is 14.3 Å². The van der Waals surface area contributed by atoms with E-state index < -0.39 is 11.2 Å². The number of carbonyl (C=O) groups is 1. The van der Waals surface area contributed by atoms with Crippen LogP contribution in [0.4, 0.5) is 5.69 Å². The van der Waals surface area contributed by atoms with Crippen LogP contribution in [0.3, 0.4) is 0 Å². The second-order valence-corrected chi connectivity index (χ2v) is 6.83. The first-order valence-electron chi connectivity index (χ1n) is 8.48. The maximum absolute atomic E-state index is 12.6. The molecule has 0 atom stereocenters. The van der Waals surface area contributed by atoms with E-state index in [1.165, 1.54) is 0 Å². The highest BCUT2D eigenvalue weighted by Gasteiger charge is 2.47. The molecule has 0 bridgehead atoms. The van der Waals surface area contributed by atoms with Gasteiger partial charge in [0.05, 0.1) is 18.6 Å². The predicted octanol–water partition coefficient (Wildman–Crippen LogP) is 3.51. The Labute approximate surface area is 143 Å². The van der Waals surface area contributed by atoms with Crippen LogP contribution in [-0.4, -0.2) is 31.5 Å². The molecular formula is C19H25NO4. The van der Waals surface area contributed by atoms with Crippen LogP contribution in [0.2, 0.25) is 0 Å². The van der Waals surface area contributed by atoms with Gasteiger partial charge in [0.2, 0.25) is 5.91 Å². The standard InChI is InChI=1S/C19H25NO4/c1-3-12-22-16-8-6-15(7-9-16)20-17(21)18(2)13-23-19(24-14-18)10-4-5-11-19/h3,6-9H,1,4-5,10-14H2,2H3,(H,20,21). The van der Waals surface area contributed by atoms with Crippen LogP contribution >= 0.6 is 0 Å². The third-order valence-electron chi connectivity index (χ3n) is 4.70. The highest BCUT2D eigenvalue weighted by atomic mass is 16.7. The minimum Gasteiger partial charge on any atom is -0.490 e. The van der Waals surface area contributed by atoms with Crippen molar-refractivity contribution in [2.45, 2.75) is 38.4 Å². The Kier molecular flexibility index (Phi) is 4.92. The van der Waals surface area contributed by atoms with Crippen molar-refractivity contribution in [1.82, 2.24) is 0 Å². The lowest BCUT2D eigenvalue weighted by Crippen LogP contribution is -2.52. The molecule has 2 fully saturated rings. The summed E-state index contributed by atoms with van der Waals surface area (Å²) in [6.45, 7) is 6.73. The number of rotatable bonds is 5. The van der Waals surface area contributed by atoms with E-state index in [-0.39, 0.29) is 5.91 Å². The number of hydrogen-bond acceptors (Lipinski definition) is 4. The molecule has 0 aromatic heterocycles. The fourth-order valence-corrected chi connectivity index (χ4v) is 3.07. The van der Waals surface area contributed by atoms with E-state index in [0.717, 1.165) is 37.1 Å². The smallest absolute Gasteiger partial charge is 0.234 e. The SMILES string of the molecule is C=CCOc1ccc(NC(=O)C2(C)COC3(CCCC3)OC2)cc1. The number of anilines is 1. The number of amides is 1. The molecule has 1 aromatic rings. The van der Waals surface area contributed by atoms with Crippen molar-refractivity contribution in [3.63, 3.8) is 0 Å². The lowest BCUT2D eigenvalue weighted by molar-refractivity contribution is -0.291. The van der Waals surface area contributed by atoms with Gasteiger partial charge in [-0.2, -0.15) is 0 Å². The largest absolute Gasteiger partial charge is 0.490 e. The second kappa shape index (κ2) is 6.95. The highest BCUT2D eigenvalue weighted by molar-refractivity contribution is 5.95. The van der Waals surface area contributed by atoms with Gasteiger partial charge in [0, 0.05) is 18.5 Å². The van der Waals surface area contributed by atoms with Gasteiger partial charge in [-0.25, -0.2) is 0 Å². The van der Waals surface area contributed by atoms with E-state index in [0.29, 0.717) is 19.8 Å². The van der Waals surface area contributed by atoms with Crippen LogP contribution in [0.15, 0.2) is 36.9 Å². The van der Waals surface area contributed by atoms with Crippen LogP contribution in [0.1, 0.15) is 32.6 Å². The number of carbonyl (C=O) groups excluding carboxylic acids is 1. The molecule has 5 nitrogen and oxygen atoms in total. The summed E-state index contributed by atoms with van der Waals surface area (Å²) in [5.74, 6) is 0.214. The minimum absolute atomic E-state index is 0.0879. The molecule has 1 saturated heterocycles. The van der Waals surface area contributed by atoms with E-state index in [4.69, 9.17) is 14.2 Å². The first-order valence-corrected chi connectivity index (χ1v) is 8.48. The third kappa shape index (κ3) is 3.62. The van der Waals surface area contributed by atoms with E-state index in [9.17, 15) is 4.79 Å². The van der Waals surface area contributed by atoms with Gasteiger partial charge in [-0.15, -0.1) is 0 Å². The quantitative estimate of drug-likeness (QED) is 0.839.